The summed E-state index contributed by atoms with van der Waals surface area (Å²) in [6.07, 6.45) is 0. The first-order valence-corrected chi connectivity index (χ1v) is 11.3. The molecule has 0 aliphatic rings. The van der Waals surface area contributed by atoms with Gasteiger partial charge in [-0.2, -0.15) is 0 Å². The van der Waals surface area contributed by atoms with Crippen LogP contribution in [0.5, 0.6) is 5.75 Å². The van der Waals surface area contributed by atoms with Crippen molar-refractivity contribution in [2.24, 2.45) is 0 Å². The lowest BCUT2D eigenvalue weighted by Crippen LogP contribution is -2.35. The fraction of sp³-hybridized carbons (Fsp3) is 0.192. The molecule has 3 aromatic carbocycles. The number of carbonyl (C=O) groups is 1. The van der Waals surface area contributed by atoms with Crippen molar-refractivity contribution in [1.29, 1.82) is 0 Å². The van der Waals surface area contributed by atoms with Crippen LogP contribution < -0.4 is 10.3 Å². The maximum absolute atomic E-state index is 13.7. The lowest BCUT2D eigenvalue weighted by Gasteiger charge is -2.27. The van der Waals surface area contributed by atoms with Crippen molar-refractivity contribution in [2.45, 2.75) is 19.9 Å². The molecule has 0 spiro atoms. The van der Waals surface area contributed by atoms with Crippen LogP contribution >= 0.6 is 15.9 Å². The molecule has 4 aromatic rings. The second-order valence-corrected chi connectivity index (χ2v) is 8.82. The largest absolute Gasteiger partial charge is 0.495 e. The maximum Gasteiger partial charge on any atom is 0.266 e. The van der Waals surface area contributed by atoms with E-state index in [1.807, 2.05) is 56.3 Å². The van der Waals surface area contributed by atoms with Gasteiger partial charge < -0.3 is 9.64 Å². The Balaban J connectivity index is 1.93. The Hall–Kier alpha value is -3.45. The standard InChI is InChI=1S/C26H24BrN3O3/c1-16-12-13-23(33-4)22(14-16)30-24(28-21-11-6-5-10-20(21)26(30)32)17(2)29(3)25(31)18-8-7-9-19(27)15-18/h5-15,17H,1-4H3. The number of aromatic nitrogens is 2. The van der Waals surface area contributed by atoms with Gasteiger partial charge in [-0.3, -0.25) is 14.2 Å². The summed E-state index contributed by atoms with van der Waals surface area (Å²) in [7, 11) is 3.28. The molecule has 7 heteroatoms. The predicted molar refractivity (Wildman–Crippen MR) is 133 cm³/mol. The molecule has 0 radical (unpaired) electrons. The van der Waals surface area contributed by atoms with Gasteiger partial charge in [0.1, 0.15) is 11.6 Å². The van der Waals surface area contributed by atoms with E-state index in [1.54, 1.807) is 47.9 Å². The van der Waals surface area contributed by atoms with E-state index in [-0.39, 0.29) is 11.5 Å². The first-order valence-electron chi connectivity index (χ1n) is 10.5. The Kier molecular flexibility index (Phi) is 6.33. The van der Waals surface area contributed by atoms with Gasteiger partial charge in [0.15, 0.2) is 0 Å². The topological polar surface area (TPSA) is 64.4 Å². The molecule has 0 fully saturated rings. The first kappa shape index (κ1) is 22.7. The molecule has 1 heterocycles. The highest BCUT2D eigenvalue weighted by Gasteiger charge is 2.26. The summed E-state index contributed by atoms with van der Waals surface area (Å²) in [5.41, 5.74) is 2.47. The molecule has 4 rings (SSSR count). The lowest BCUT2D eigenvalue weighted by molar-refractivity contribution is 0.0735. The molecule has 1 amide bonds. The number of hydrogen-bond donors (Lipinski definition) is 0. The summed E-state index contributed by atoms with van der Waals surface area (Å²) in [5, 5.41) is 0.498. The van der Waals surface area contributed by atoms with Gasteiger partial charge in [-0.15, -0.1) is 0 Å². The molecule has 0 saturated carbocycles. The van der Waals surface area contributed by atoms with E-state index < -0.39 is 6.04 Å². The molecule has 0 aliphatic carbocycles. The number of rotatable bonds is 5. The molecular weight excluding hydrogens is 482 g/mol. The summed E-state index contributed by atoms with van der Waals surface area (Å²) in [5.74, 6) is 0.830. The van der Waals surface area contributed by atoms with Gasteiger partial charge in [-0.1, -0.05) is 40.2 Å². The lowest BCUT2D eigenvalue weighted by atomic mass is 10.1. The summed E-state index contributed by atoms with van der Waals surface area (Å²) in [6, 6.07) is 19.6. The van der Waals surface area contributed by atoms with Crippen LogP contribution in [-0.4, -0.2) is 34.5 Å². The van der Waals surface area contributed by atoms with Crippen molar-refractivity contribution < 1.29 is 9.53 Å². The Morgan fingerprint density at radius 3 is 2.58 bits per heavy atom. The number of halogens is 1. The average Bonchev–Trinajstić information content (AvgIpc) is 2.82. The minimum absolute atomic E-state index is 0.172. The third-order valence-electron chi connectivity index (χ3n) is 5.72. The zero-order valence-corrected chi connectivity index (χ0v) is 20.5. The molecule has 1 unspecified atom stereocenters. The summed E-state index contributed by atoms with van der Waals surface area (Å²) < 4.78 is 7.95. The van der Waals surface area contributed by atoms with Crippen molar-refractivity contribution in [2.75, 3.05) is 14.2 Å². The highest BCUT2D eigenvalue weighted by atomic mass is 79.9. The second kappa shape index (κ2) is 9.19. The smallest absolute Gasteiger partial charge is 0.266 e. The van der Waals surface area contributed by atoms with E-state index >= 15 is 0 Å². The summed E-state index contributed by atoms with van der Waals surface area (Å²) >= 11 is 3.42. The predicted octanol–water partition coefficient (Wildman–Crippen LogP) is 5.30. The van der Waals surface area contributed by atoms with Crippen LogP contribution in [0.2, 0.25) is 0 Å². The van der Waals surface area contributed by atoms with Gasteiger partial charge in [0, 0.05) is 17.1 Å². The summed E-state index contributed by atoms with van der Waals surface area (Å²) in [6.45, 7) is 3.82. The fourth-order valence-electron chi connectivity index (χ4n) is 3.81. The number of ether oxygens (including phenoxy) is 1. The zero-order valence-electron chi connectivity index (χ0n) is 18.9. The highest BCUT2D eigenvalue weighted by molar-refractivity contribution is 9.10. The quantitative estimate of drug-likeness (QED) is 0.369. The third-order valence-corrected chi connectivity index (χ3v) is 6.22. The number of benzene rings is 3. The van der Waals surface area contributed by atoms with Gasteiger partial charge in [-0.05, 0) is 61.9 Å². The fourth-order valence-corrected chi connectivity index (χ4v) is 4.21. The third kappa shape index (κ3) is 4.28. The number of para-hydroxylation sites is 1. The zero-order chi connectivity index (χ0) is 23.7. The number of fused-ring (bicyclic) bond motifs is 1. The van der Waals surface area contributed by atoms with Crippen molar-refractivity contribution in [1.82, 2.24) is 14.5 Å². The Bertz CT molecular complexity index is 1410. The normalized spacial score (nSPS) is 11.9. The number of aryl methyl sites for hydroxylation is 1. The average molecular weight is 506 g/mol. The number of carbonyl (C=O) groups excluding carboxylic acids is 1. The van der Waals surface area contributed by atoms with Crippen molar-refractivity contribution in [3.8, 4) is 11.4 Å². The Morgan fingerprint density at radius 1 is 1.09 bits per heavy atom. The van der Waals surface area contributed by atoms with Gasteiger partial charge in [0.05, 0.1) is 29.7 Å². The molecule has 6 nitrogen and oxygen atoms in total. The number of methoxy groups -OCH3 is 1. The SMILES string of the molecule is COc1ccc(C)cc1-n1c(C(C)N(C)C(=O)c2cccc(Br)c2)nc2ccccc2c1=O. The van der Waals surface area contributed by atoms with Gasteiger partial charge in [0.25, 0.3) is 11.5 Å². The molecule has 0 saturated heterocycles. The van der Waals surface area contributed by atoms with Crippen molar-refractivity contribution in [3.05, 3.63) is 98.5 Å². The number of nitrogens with zero attached hydrogens (tertiary/aromatic N) is 3. The van der Waals surface area contributed by atoms with Crippen LogP contribution in [-0.2, 0) is 0 Å². The maximum atomic E-state index is 13.7. The van der Waals surface area contributed by atoms with Crippen LogP contribution in [0.3, 0.4) is 0 Å². The van der Waals surface area contributed by atoms with Crippen LogP contribution in [0.15, 0.2) is 76.0 Å². The van der Waals surface area contributed by atoms with E-state index in [2.05, 4.69) is 15.9 Å². The Morgan fingerprint density at radius 2 is 1.85 bits per heavy atom. The van der Waals surface area contributed by atoms with E-state index in [9.17, 15) is 9.59 Å². The highest BCUT2D eigenvalue weighted by Crippen LogP contribution is 2.29. The molecule has 0 bridgehead atoms. The van der Waals surface area contributed by atoms with Crippen molar-refractivity contribution in [3.63, 3.8) is 0 Å². The van der Waals surface area contributed by atoms with Gasteiger partial charge in [0.2, 0.25) is 0 Å². The molecule has 1 atom stereocenters. The van der Waals surface area contributed by atoms with Crippen LogP contribution in [0.25, 0.3) is 16.6 Å². The monoisotopic (exact) mass is 505 g/mol. The minimum Gasteiger partial charge on any atom is -0.495 e. The molecule has 0 aliphatic heterocycles. The van der Waals surface area contributed by atoms with Crippen LogP contribution in [0.1, 0.15) is 34.7 Å². The number of hydrogen-bond acceptors (Lipinski definition) is 4. The van der Waals surface area contributed by atoms with E-state index in [0.29, 0.717) is 33.7 Å². The van der Waals surface area contributed by atoms with E-state index in [0.717, 1.165) is 10.0 Å². The van der Waals surface area contributed by atoms with Gasteiger partial charge >= 0.3 is 0 Å². The van der Waals surface area contributed by atoms with Crippen LogP contribution in [0.4, 0.5) is 0 Å². The van der Waals surface area contributed by atoms with Gasteiger partial charge in [-0.25, -0.2) is 4.98 Å². The van der Waals surface area contributed by atoms with E-state index in [4.69, 9.17) is 9.72 Å². The van der Waals surface area contributed by atoms with Crippen molar-refractivity contribution >= 4 is 32.7 Å². The second-order valence-electron chi connectivity index (χ2n) is 7.91. The van der Waals surface area contributed by atoms with E-state index in [1.165, 1.54) is 0 Å². The molecule has 33 heavy (non-hydrogen) atoms. The van der Waals surface area contributed by atoms with Crippen LogP contribution in [0, 0.1) is 6.92 Å². The molecular formula is C26H24BrN3O3. The molecule has 1 aromatic heterocycles. The molecule has 168 valence electrons. The summed E-state index contributed by atoms with van der Waals surface area (Å²) in [4.78, 5) is 33.4. The Labute approximate surface area is 200 Å². The minimum atomic E-state index is -0.501. The number of amides is 1. The first-order chi connectivity index (χ1) is 15.8. The molecule has 0 N–H and O–H groups in total.